The number of benzene rings is 1. The zero-order valence-corrected chi connectivity index (χ0v) is 11.4. The zero-order chi connectivity index (χ0) is 13.9. The molecular weight excluding hydrogens is 228 g/mol. The van der Waals surface area contributed by atoms with E-state index >= 15 is 0 Å². The summed E-state index contributed by atoms with van der Waals surface area (Å²) in [4.78, 5) is 11.0. The Bertz CT molecular complexity index is 467. The van der Waals surface area contributed by atoms with Gasteiger partial charge in [0, 0.05) is 6.08 Å². The molecule has 0 amide bonds. The lowest BCUT2D eigenvalue weighted by Gasteiger charge is -2.22. The molecule has 1 rings (SSSR count). The van der Waals surface area contributed by atoms with E-state index in [1.54, 1.807) is 0 Å². The monoisotopic (exact) mass is 248 g/mol. The van der Waals surface area contributed by atoms with Crippen molar-refractivity contribution in [1.82, 2.24) is 0 Å². The Balaban J connectivity index is 3.05. The van der Waals surface area contributed by atoms with Gasteiger partial charge in [-0.05, 0) is 41.2 Å². The van der Waals surface area contributed by atoms with E-state index in [0.717, 1.165) is 22.8 Å². The maximum Gasteiger partial charge on any atom is 0.330 e. The van der Waals surface area contributed by atoms with Gasteiger partial charge in [-0.15, -0.1) is 0 Å². The second-order valence-corrected chi connectivity index (χ2v) is 5.37. The van der Waals surface area contributed by atoms with Crippen molar-refractivity contribution in [2.24, 2.45) is 0 Å². The Labute approximate surface area is 108 Å². The van der Waals surface area contributed by atoms with E-state index in [1.807, 2.05) is 39.8 Å². The van der Waals surface area contributed by atoms with Crippen LogP contribution in [0.15, 0.2) is 24.8 Å². The molecule has 3 nitrogen and oxygen atoms in total. The maximum atomic E-state index is 11.0. The third-order valence-corrected chi connectivity index (χ3v) is 2.72. The molecule has 0 fully saturated rings. The van der Waals surface area contributed by atoms with Gasteiger partial charge in [0.15, 0.2) is 0 Å². The van der Waals surface area contributed by atoms with Gasteiger partial charge in [0.2, 0.25) is 0 Å². The van der Waals surface area contributed by atoms with Crippen LogP contribution in [0.25, 0.3) is 0 Å². The molecule has 0 atom stereocenters. The van der Waals surface area contributed by atoms with Crippen LogP contribution in [0.5, 0.6) is 5.75 Å². The van der Waals surface area contributed by atoms with Crippen LogP contribution in [0.2, 0.25) is 0 Å². The van der Waals surface area contributed by atoms with Crippen molar-refractivity contribution >= 4 is 5.97 Å². The molecule has 18 heavy (non-hydrogen) atoms. The Morgan fingerprint density at radius 2 is 2.06 bits per heavy atom. The molecule has 98 valence electrons. The first-order chi connectivity index (χ1) is 8.25. The highest BCUT2D eigenvalue weighted by molar-refractivity contribution is 5.81. The zero-order valence-electron chi connectivity index (χ0n) is 11.4. The summed E-state index contributed by atoms with van der Waals surface area (Å²) in [5.41, 5.74) is 2.34. The lowest BCUT2D eigenvalue weighted by Crippen LogP contribution is -2.13. The van der Waals surface area contributed by atoms with Crippen LogP contribution in [0.3, 0.4) is 0 Å². The Morgan fingerprint density at radius 1 is 1.44 bits per heavy atom. The van der Waals surface area contributed by atoms with Crippen LogP contribution >= 0.6 is 0 Å². The van der Waals surface area contributed by atoms with E-state index in [2.05, 4.69) is 6.58 Å². The molecular formula is C15H20O3. The maximum absolute atomic E-state index is 11.0. The number of rotatable bonds is 3. The summed E-state index contributed by atoms with van der Waals surface area (Å²) < 4.78 is 5.00. The highest BCUT2D eigenvalue weighted by Crippen LogP contribution is 2.34. The fraction of sp³-hybridized carbons (Fsp3) is 0.400. The predicted molar refractivity (Wildman–Crippen MR) is 71.5 cm³/mol. The van der Waals surface area contributed by atoms with Gasteiger partial charge in [0.05, 0.1) is 0 Å². The summed E-state index contributed by atoms with van der Waals surface area (Å²) in [6, 6.07) is 3.69. The van der Waals surface area contributed by atoms with Crippen molar-refractivity contribution in [2.75, 3.05) is 0 Å². The summed E-state index contributed by atoms with van der Waals surface area (Å²) in [5, 5.41) is 10.1. The van der Waals surface area contributed by atoms with Gasteiger partial charge < -0.3 is 9.84 Å². The number of aryl methyl sites for hydroxylation is 1. The van der Waals surface area contributed by atoms with Gasteiger partial charge in [-0.3, -0.25) is 0 Å². The molecule has 1 aromatic carbocycles. The van der Waals surface area contributed by atoms with E-state index in [9.17, 15) is 9.90 Å². The molecule has 0 saturated heterocycles. The number of hydrogen-bond acceptors (Lipinski definition) is 3. The minimum absolute atomic E-state index is 0.159. The summed E-state index contributed by atoms with van der Waals surface area (Å²) >= 11 is 0. The van der Waals surface area contributed by atoms with E-state index in [0.29, 0.717) is 5.75 Å². The molecule has 0 unspecified atom stereocenters. The number of hydrogen-bond donors (Lipinski definition) is 1. The first kappa shape index (κ1) is 14.3. The van der Waals surface area contributed by atoms with Crippen molar-refractivity contribution < 1.29 is 14.6 Å². The molecule has 0 bridgehead atoms. The van der Waals surface area contributed by atoms with Crippen LogP contribution in [0, 0.1) is 6.92 Å². The minimum Gasteiger partial charge on any atom is -0.507 e. The predicted octanol–water partition coefficient (Wildman–Crippen LogP) is 3.23. The van der Waals surface area contributed by atoms with Gasteiger partial charge in [-0.2, -0.15) is 0 Å². The van der Waals surface area contributed by atoms with Crippen LogP contribution in [-0.4, -0.2) is 11.1 Å². The number of ether oxygens (including phenoxy) is 1. The second kappa shape index (κ2) is 5.25. The number of aromatic hydroxyl groups is 1. The quantitative estimate of drug-likeness (QED) is 0.660. The van der Waals surface area contributed by atoms with E-state index in [4.69, 9.17) is 4.74 Å². The largest absolute Gasteiger partial charge is 0.507 e. The average molecular weight is 248 g/mol. The number of carbonyl (C=O) groups is 1. The number of phenolic OH excluding ortho intramolecular Hbond substituents is 1. The van der Waals surface area contributed by atoms with Crippen LogP contribution < -0.4 is 0 Å². The van der Waals surface area contributed by atoms with Crippen molar-refractivity contribution in [3.63, 3.8) is 0 Å². The summed E-state index contributed by atoms with van der Waals surface area (Å²) in [5.74, 6) is -0.140. The van der Waals surface area contributed by atoms with Crippen molar-refractivity contribution in [1.29, 1.82) is 0 Å². The minimum atomic E-state index is -0.446. The normalized spacial score (nSPS) is 11.1. The Morgan fingerprint density at radius 3 is 2.56 bits per heavy atom. The Kier molecular flexibility index (Phi) is 4.17. The molecule has 1 aromatic rings. The molecule has 3 heteroatoms. The van der Waals surface area contributed by atoms with Crippen LogP contribution in [0.4, 0.5) is 0 Å². The smallest absolute Gasteiger partial charge is 0.330 e. The summed E-state index contributed by atoms with van der Waals surface area (Å²) in [6.07, 6.45) is 1.14. The topological polar surface area (TPSA) is 46.5 Å². The summed E-state index contributed by atoms with van der Waals surface area (Å²) in [7, 11) is 0. The SMILES string of the molecule is C=CC(=O)OCc1cc(C)c(O)c(C(C)(C)C)c1. The fourth-order valence-electron chi connectivity index (χ4n) is 1.72. The molecule has 0 aliphatic carbocycles. The molecule has 0 aromatic heterocycles. The second-order valence-electron chi connectivity index (χ2n) is 5.37. The molecule has 1 N–H and O–H groups in total. The van der Waals surface area contributed by atoms with E-state index in [-0.39, 0.29) is 12.0 Å². The van der Waals surface area contributed by atoms with Crippen LogP contribution in [-0.2, 0) is 21.6 Å². The third kappa shape index (κ3) is 3.36. The van der Waals surface area contributed by atoms with Crippen molar-refractivity contribution in [3.05, 3.63) is 41.5 Å². The lowest BCUT2D eigenvalue weighted by molar-refractivity contribution is -0.138. The van der Waals surface area contributed by atoms with Gasteiger partial charge >= 0.3 is 5.97 Å². The first-order valence-electron chi connectivity index (χ1n) is 5.88. The van der Waals surface area contributed by atoms with E-state index < -0.39 is 5.97 Å². The third-order valence-electron chi connectivity index (χ3n) is 2.72. The number of esters is 1. The highest BCUT2D eigenvalue weighted by atomic mass is 16.5. The molecule has 0 radical (unpaired) electrons. The highest BCUT2D eigenvalue weighted by Gasteiger charge is 2.20. The number of carbonyl (C=O) groups excluding carboxylic acids is 1. The van der Waals surface area contributed by atoms with Crippen molar-refractivity contribution in [3.8, 4) is 5.75 Å². The van der Waals surface area contributed by atoms with Gasteiger partial charge in [-0.1, -0.05) is 27.4 Å². The molecule has 0 heterocycles. The average Bonchev–Trinajstić information content (AvgIpc) is 2.28. The molecule has 0 saturated carbocycles. The molecule has 0 aliphatic rings. The van der Waals surface area contributed by atoms with Gasteiger partial charge in [-0.25, -0.2) is 4.79 Å². The molecule has 0 aliphatic heterocycles. The van der Waals surface area contributed by atoms with E-state index in [1.165, 1.54) is 0 Å². The standard InChI is InChI=1S/C15H20O3/c1-6-13(16)18-9-11-7-10(2)14(17)12(8-11)15(3,4)5/h6-8,17H,1,9H2,2-5H3. The fourth-order valence-corrected chi connectivity index (χ4v) is 1.72. The summed E-state index contributed by atoms with van der Waals surface area (Å²) in [6.45, 7) is 11.5. The number of phenols is 1. The van der Waals surface area contributed by atoms with Crippen LogP contribution in [0.1, 0.15) is 37.5 Å². The first-order valence-corrected chi connectivity index (χ1v) is 5.88. The van der Waals surface area contributed by atoms with Crippen molar-refractivity contribution in [2.45, 2.75) is 39.7 Å². The Hall–Kier alpha value is -1.77. The lowest BCUT2D eigenvalue weighted by atomic mass is 9.84. The molecule has 0 spiro atoms. The van der Waals surface area contributed by atoms with Gasteiger partial charge in [0.25, 0.3) is 0 Å². The van der Waals surface area contributed by atoms with Gasteiger partial charge in [0.1, 0.15) is 12.4 Å².